The molecule has 1 aromatic rings. The van der Waals surface area contributed by atoms with Gasteiger partial charge in [0, 0.05) is 18.8 Å². The van der Waals surface area contributed by atoms with Crippen molar-refractivity contribution in [2.75, 3.05) is 0 Å². The van der Waals surface area contributed by atoms with Gasteiger partial charge in [0.2, 0.25) is 0 Å². The zero-order valence-corrected chi connectivity index (χ0v) is 8.55. The van der Waals surface area contributed by atoms with Gasteiger partial charge in [0.1, 0.15) is 0 Å². The maximum atomic E-state index is 11.1. The van der Waals surface area contributed by atoms with Crippen molar-refractivity contribution in [2.45, 2.75) is 25.4 Å². The molecule has 0 bridgehead atoms. The van der Waals surface area contributed by atoms with E-state index in [1.54, 1.807) is 17.9 Å². The summed E-state index contributed by atoms with van der Waals surface area (Å²) in [6.45, 7) is 0. The van der Waals surface area contributed by atoms with Crippen molar-refractivity contribution in [3.63, 3.8) is 0 Å². The van der Waals surface area contributed by atoms with Gasteiger partial charge in [-0.05, 0) is 12.8 Å². The highest BCUT2D eigenvalue weighted by Crippen LogP contribution is 2.50. The molecule has 82 valence electrons. The van der Waals surface area contributed by atoms with Gasteiger partial charge in [-0.15, -0.1) is 0 Å². The van der Waals surface area contributed by atoms with Crippen LogP contribution in [0.4, 0.5) is 0 Å². The third-order valence-electron chi connectivity index (χ3n) is 3.24. The molecule has 5 nitrogen and oxygen atoms in total. The molecular weight excluding hydrogens is 196 g/mol. The number of nitrogens with zero attached hydrogens (tertiary/aromatic N) is 2. The van der Waals surface area contributed by atoms with Crippen molar-refractivity contribution in [2.24, 2.45) is 12.5 Å². The standard InChI is InChI=1S/C10H14N2O3/c1-12-6-7(5-11-12)8(13)10(9(14)15)3-2-4-10/h5-6,8,13H,2-4H2,1H3,(H,14,15)/t8-/m0/s1. The first-order valence-electron chi connectivity index (χ1n) is 4.96. The van der Waals surface area contributed by atoms with Gasteiger partial charge in [-0.1, -0.05) is 6.42 Å². The van der Waals surface area contributed by atoms with E-state index in [0.717, 1.165) is 6.42 Å². The molecule has 0 saturated heterocycles. The highest BCUT2D eigenvalue weighted by Gasteiger charge is 2.51. The van der Waals surface area contributed by atoms with E-state index < -0.39 is 17.5 Å². The van der Waals surface area contributed by atoms with Gasteiger partial charge in [-0.25, -0.2) is 0 Å². The Morgan fingerprint density at radius 3 is 2.67 bits per heavy atom. The van der Waals surface area contributed by atoms with Crippen molar-refractivity contribution < 1.29 is 15.0 Å². The SMILES string of the molecule is Cn1cc([C@H](O)C2(C(=O)O)CCC2)cn1. The molecule has 2 N–H and O–H groups in total. The van der Waals surface area contributed by atoms with Crippen molar-refractivity contribution in [1.82, 2.24) is 9.78 Å². The molecule has 0 amide bonds. The molecule has 15 heavy (non-hydrogen) atoms. The van der Waals surface area contributed by atoms with Crippen LogP contribution in [0.15, 0.2) is 12.4 Å². The van der Waals surface area contributed by atoms with Crippen LogP contribution in [0.25, 0.3) is 0 Å². The minimum Gasteiger partial charge on any atom is -0.481 e. The van der Waals surface area contributed by atoms with Crippen LogP contribution in [-0.4, -0.2) is 26.0 Å². The van der Waals surface area contributed by atoms with Gasteiger partial charge in [-0.3, -0.25) is 9.48 Å². The average Bonchev–Trinajstić information content (AvgIpc) is 2.48. The molecule has 1 aliphatic rings. The Hall–Kier alpha value is -1.36. The maximum absolute atomic E-state index is 11.1. The van der Waals surface area contributed by atoms with E-state index >= 15 is 0 Å². The number of aliphatic hydroxyl groups is 1. The summed E-state index contributed by atoms with van der Waals surface area (Å²) in [7, 11) is 1.74. The molecule has 1 atom stereocenters. The molecule has 1 fully saturated rings. The summed E-state index contributed by atoms with van der Waals surface area (Å²) in [4.78, 5) is 11.1. The molecule has 0 radical (unpaired) electrons. The van der Waals surface area contributed by atoms with E-state index in [9.17, 15) is 9.90 Å². The Morgan fingerprint density at radius 2 is 2.33 bits per heavy atom. The van der Waals surface area contributed by atoms with E-state index in [4.69, 9.17) is 5.11 Å². The fourth-order valence-corrected chi connectivity index (χ4v) is 2.06. The van der Waals surface area contributed by atoms with Gasteiger partial charge >= 0.3 is 5.97 Å². The highest BCUT2D eigenvalue weighted by atomic mass is 16.4. The number of aliphatic hydroxyl groups excluding tert-OH is 1. The molecule has 1 heterocycles. The van der Waals surface area contributed by atoms with E-state index in [0.29, 0.717) is 18.4 Å². The van der Waals surface area contributed by atoms with E-state index in [1.165, 1.54) is 6.20 Å². The fourth-order valence-electron chi connectivity index (χ4n) is 2.06. The first kappa shape index (κ1) is 10.2. The summed E-state index contributed by atoms with van der Waals surface area (Å²) in [5, 5.41) is 23.1. The zero-order valence-electron chi connectivity index (χ0n) is 8.55. The number of hydrogen-bond acceptors (Lipinski definition) is 3. The number of carboxylic acid groups (broad SMARTS) is 1. The molecule has 0 unspecified atom stereocenters. The zero-order chi connectivity index (χ0) is 11.1. The Kier molecular flexibility index (Phi) is 2.26. The second-order valence-electron chi connectivity index (χ2n) is 4.16. The number of aromatic nitrogens is 2. The van der Waals surface area contributed by atoms with Crippen molar-refractivity contribution >= 4 is 5.97 Å². The lowest BCUT2D eigenvalue weighted by Gasteiger charge is -2.41. The summed E-state index contributed by atoms with van der Waals surface area (Å²) in [6, 6.07) is 0. The van der Waals surface area contributed by atoms with Crippen molar-refractivity contribution in [3.8, 4) is 0 Å². The van der Waals surface area contributed by atoms with Gasteiger partial charge in [0.05, 0.1) is 17.7 Å². The van der Waals surface area contributed by atoms with Gasteiger partial charge in [-0.2, -0.15) is 5.10 Å². The van der Waals surface area contributed by atoms with Crippen LogP contribution in [0.3, 0.4) is 0 Å². The van der Waals surface area contributed by atoms with Crippen LogP contribution >= 0.6 is 0 Å². The summed E-state index contributed by atoms with van der Waals surface area (Å²) < 4.78 is 1.56. The number of aryl methyl sites for hydroxylation is 1. The predicted octanol–water partition coefficient (Wildman–Crippen LogP) is 0.708. The maximum Gasteiger partial charge on any atom is 0.312 e. The monoisotopic (exact) mass is 210 g/mol. The first-order chi connectivity index (χ1) is 7.06. The van der Waals surface area contributed by atoms with Crippen LogP contribution in [-0.2, 0) is 11.8 Å². The quantitative estimate of drug-likeness (QED) is 0.770. The van der Waals surface area contributed by atoms with Crippen LogP contribution in [0.2, 0.25) is 0 Å². The number of carboxylic acids is 1. The molecular formula is C10H14N2O3. The third-order valence-corrected chi connectivity index (χ3v) is 3.24. The third kappa shape index (κ3) is 1.43. The normalized spacial score (nSPS) is 20.7. The summed E-state index contributed by atoms with van der Waals surface area (Å²) >= 11 is 0. The van der Waals surface area contributed by atoms with Crippen LogP contribution < -0.4 is 0 Å². The van der Waals surface area contributed by atoms with Crippen LogP contribution in [0.1, 0.15) is 30.9 Å². The molecule has 0 aliphatic heterocycles. The lowest BCUT2D eigenvalue weighted by molar-refractivity contribution is -0.166. The minimum atomic E-state index is -0.983. The largest absolute Gasteiger partial charge is 0.481 e. The topological polar surface area (TPSA) is 75.4 Å². The number of rotatable bonds is 3. The minimum absolute atomic E-state index is 0.540. The van der Waals surface area contributed by atoms with E-state index in [1.807, 2.05) is 0 Å². The second-order valence-corrected chi connectivity index (χ2v) is 4.16. The van der Waals surface area contributed by atoms with E-state index in [2.05, 4.69) is 5.10 Å². The predicted molar refractivity (Wildman–Crippen MR) is 52.1 cm³/mol. The second kappa shape index (κ2) is 3.34. The lowest BCUT2D eigenvalue weighted by Crippen LogP contribution is -2.43. The van der Waals surface area contributed by atoms with Crippen molar-refractivity contribution in [1.29, 1.82) is 0 Å². The Balaban J connectivity index is 2.26. The lowest BCUT2D eigenvalue weighted by atomic mass is 9.64. The Morgan fingerprint density at radius 1 is 1.67 bits per heavy atom. The van der Waals surface area contributed by atoms with Crippen molar-refractivity contribution in [3.05, 3.63) is 18.0 Å². The average molecular weight is 210 g/mol. The molecule has 1 saturated carbocycles. The van der Waals surface area contributed by atoms with Gasteiger partial charge in [0.15, 0.2) is 0 Å². The fraction of sp³-hybridized carbons (Fsp3) is 0.600. The highest BCUT2D eigenvalue weighted by molar-refractivity contribution is 5.76. The van der Waals surface area contributed by atoms with Crippen LogP contribution in [0, 0.1) is 5.41 Å². The van der Waals surface area contributed by atoms with E-state index in [-0.39, 0.29) is 0 Å². The molecule has 2 rings (SSSR count). The number of hydrogen-bond donors (Lipinski definition) is 2. The molecule has 0 aromatic carbocycles. The Bertz CT molecular complexity index is 382. The smallest absolute Gasteiger partial charge is 0.312 e. The molecule has 5 heteroatoms. The summed E-state index contributed by atoms with van der Waals surface area (Å²) in [5.41, 5.74) is -0.400. The van der Waals surface area contributed by atoms with Crippen LogP contribution in [0.5, 0.6) is 0 Å². The summed E-state index contributed by atoms with van der Waals surface area (Å²) in [5.74, 6) is -0.912. The first-order valence-corrected chi connectivity index (χ1v) is 4.96. The molecule has 0 spiro atoms. The van der Waals surface area contributed by atoms with Gasteiger partial charge in [0.25, 0.3) is 0 Å². The van der Waals surface area contributed by atoms with Gasteiger partial charge < -0.3 is 10.2 Å². The molecule has 1 aromatic heterocycles. The molecule has 1 aliphatic carbocycles. The Labute approximate surface area is 87.3 Å². The number of aliphatic carboxylic acids is 1. The number of carbonyl (C=O) groups is 1. The summed E-state index contributed by atoms with van der Waals surface area (Å²) in [6.07, 6.45) is 4.18.